The van der Waals surface area contributed by atoms with Crippen molar-refractivity contribution in [1.29, 1.82) is 0 Å². The fourth-order valence-corrected chi connectivity index (χ4v) is 2.28. The van der Waals surface area contributed by atoms with Crippen molar-refractivity contribution in [3.8, 4) is 22.7 Å². The second kappa shape index (κ2) is 6.35. The van der Waals surface area contributed by atoms with Crippen molar-refractivity contribution in [2.75, 3.05) is 0 Å². The van der Waals surface area contributed by atoms with Gasteiger partial charge in [-0.3, -0.25) is 14.7 Å². The molecule has 0 radical (unpaired) electrons. The van der Waals surface area contributed by atoms with Crippen LogP contribution >= 0.6 is 0 Å². The summed E-state index contributed by atoms with van der Waals surface area (Å²) in [7, 11) is 0. The van der Waals surface area contributed by atoms with Gasteiger partial charge in [-0.2, -0.15) is 5.10 Å². The zero-order valence-electron chi connectivity index (χ0n) is 14.2. The quantitative estimate of drug-likeness (QED) is 0.712. The molecule has 3 aromatic rings. The van der Waals surface area contributed by atoms with E-state index in [9.17, 15) is 9.59 Å². The van der Waals surface area contributed by atoms with Crippen LogP contribution in [0, 0.1) is 0 Å². The molecular weight excluding hydrogens is 320 g/mol. The molecule has 128 valence electrons. The Balaban J connectivity index is 1.87. The highest BCUT2D eigenvalue weighted by Crippen LogP contribution is 2.25. The second-order valence-corrected chi connectivity index (χ2v) is 6.64. The number of hydrogen-bond acceptors (Lipinski definition) is 5. The van der Waals surface area contributed by atoms with Gasteiger partial charge in [-0.05, 0) is 39.0 Å². The predicted molar refractivity (Wildman–Crippen MR) is 92.1 cm³/mol. The lowest BCUT2D eigenvalue weighted by molar-refractivity contribution is 0.0914. The predicted octanol–water partition coefficient (Wildman–Crippen LogP) is 3.07. The summed E-state index contributed by atoms with van der Waals surface area (Å²) < 4.78 is 5.34. The number of carbonyl (C=O) groups is 2. The Hall–Kier alpha value is -3.22. The Morgan fingerprint density at radius 3 is 2.68 bits per heavy atom. The first-order valence-corrected chi connectivity index (χ1v) is 7.75. The summed E-state index contributed by atoms with van der Waals surface area (Å²) in [6.07, 6.45) is 1.98. The Bertz CT molecular complexity index is 918. The molecule has 0 aliphatic heterocycles. The lowest BCUT2D eigenvalue weighted by Crippen LogP contribution is -2.40. The third kappa shape index (κ3) is 3.82. The van der Waals surface area contributed by atoms with Crippen LogP contribution in [-0.2, 0) is 0 Å². The molecule has 0 bridgehead atoms. The molecule has 2 N–H and O–H groups in total. The summed E-state index contributed by atoms with van der Waals surface area (Å²) in [6.45, 7) is 5.73. The van der Waals surface area contributed by atoms with E-state index in [2.05, 4.69) is 20.5 Å². The molecule has 1 aromatic carbocycles. The van der Waals surface area contributed by atoms with Gasteiger partial charge in [0.1, 0.15) is 0 Å². The minimum Gasteiger partial charge on any atom is -0.433 e. The number of H-pyrrole nitrogens is 1. The summed E-state index contributed by atoms with van der Waals surface area (Å²) in [4.78, 5) is 27.0. The number of benzene rings is 1. The van der Waals surface area contributed by atoms with Crippen LogP contribution < -0.4 is 5.32 Å². The first-order valence-electron chi connectivity index (χ1n) is 7.75. The van der Waals surface area contributed by atoms with Gasteiger partial charge in [-0.25, -0.2) is 4.98 Å². The van der Waals surface area contributed by atoms with E-state index in [0.29, 0.717) is 23.6 Å². The number of aromatic nitrogens is 3. The Morgan fingerprint density at radius 1 is 1.24 bits per heavy atom. The molecule has 0 atom stereocenters. The van der Waals surface area contributed by atoms with Crippen molar-refractivity contribution in [1.82, 2.24) is 20.5 Å². The molecule has 1 amide bonds. The smallest absolute Gasteiger partial charge is 0.272 e. The molecule has 0 saturated carbocycles. The molecular formula is C18H18N4O3. The number of nitrogens with zero attached hydrogens (tertiary/aromatic N) is 2. The third-order valence-corrected chi connectivity index (χ3v) is 3.36. The lowest BCUT2D eigenvalue weighted by Gasteiger charge is -2.19. The molecule has 0 fully saturated rings. The normalized spacial score (nSPS) is 11.3. The molecule has 0 saturated heterocycles. The van der Waals surface area contributed by atoms with Gasteiger partial charge >= 0.3 is 0 Å². The fraction of sp³-hybridized carbons (Fsp3) is 0.222. The van der Waals surface area contributed by atoms with Gasteiger partial charge in [-0.15, -0.1) is 0 Å². The number of carbonyl (C=O) groups excluding carboxylic acids is 2. The van der Waals surface area contributed by atoms with Crippen molar-refractivity contribution in [3.05, 3.63) is 48.0 Å². The van der Waals surface area contributed by atoms with Crippen molar-refractivity contribution < 1.29 is 14.0 Å². The minimum atomic E-state index is -0.336. The Labute approximate surface area is 144 Å². The number of aldehydes is 1. The maximum atomic E-state index is 12.2. The van der Waals surface area contributed by atoms with Gasteiger partial charge < -0.3 is 9.73 Å². The first-order chi connectivity index (χ1) is 11.9. The molecule has 2 aromatic heterocycles. The van der Waals surface area contributed by atoms with Crippen LogP contribution in [-0.4, -0.2) is 32.9 Å². The zero-order valence-corrected chi connectivity index (χ0v) is 14.2. The number of rotatable bonds is 4. The molecule has 0 aliphatic carbocycles. The van der Waals surface area contributed by atoms with E-state index in [0.717, 1.165) is 11.1 Å². The van der Waals surface area contributed by atoms with Crippen LogP contribution in [0.3, 0.4) is 0 Å². The van der Waals surface area contributed by atoms with Crippen LogP contribution in [0.15, 0.2) is 40.9 Å². The largest absolute Gasteiger partial charge is 0.433 e. The highest BCUT2D eigenvalue weighted by molar-refractivity contribution is 5.93. The van der Waals surface area contributed by atoms with Crippen LogP contribution in [0.2, 0.25) is 0 Å². The van der Waals surface area contributed by atoms with Gasteiger partial charge in [-0.1, -0.05) is 12.1 Å². The summed E-state index contributed by atoms with van der Waals surface area (Å²) in [5, 5.41) is 9.81. The van der Waals surface area contributed by atoms with Crippen molar-refractivity contribution in [2.45, 2.75) is 26.3 Å². The van der Waals surface area contributed by atoms with Gasteiger partial charge in [0.25, 0.3) is 5.91 Å². The number of oxazole rings is 1. The van der Waals surface area contributed by atoms with Crippen LogP contribution in [0.25, 0.3) is 22.7 Å². The molecule has 7 nitrogen and oxygen atoms in total. The van der Waals surface area contributed by atoms with E-state index < -0.39 is 0 Å². The second-order valence-electron chi connectivity index (χ2n) is 6.64. The van der Waals surface area contributed by atoms with Crippen LogP contribution in [0.4, 0.5) is 0 Å². The molecule has 2 heterocycles. The fourth-order valence-electron chi connectivity index (χ4n) is 2.28. The van der Waals surface area contributed by atoms with Gasteiger partial charge in [0, 0.05) is 16.7 Å². The topological polar surface area (TPSA) is 101 Å². The van der Waals surface area contributed by atoms with Crippen LogP contribution in [0.1, 0.15) is 41.8 Å². The van der Waals surface area contributed by atoms with E-state index in [1.54, 1.807) is 6.07 Å². The first kappa shape index (κ1) is 16.6. The average molecular weight is 338 g/mol. The van der Waals surface area contributed by atoms with Crippen molar-refractivity contribution >= 4 is 12.2 Å². The number of aromatic amines is 1. The van der Waals surface area contributed by atoms with Gasteiger partial charge in [0.2, 0.25) is 5.89 Å². The van der Waals surface area contributed by atoms with Crippen LogP contribution in [0.5, 0.6) is 0 Å². The Kier molecular flexibility index (Phi) is 4.22. The lowest BCUT2D eigenvalue weighted by atomic mass is 10.1. The highest BCUT2D eigenvalue weighted by atomic mass is 16.4. The van der Waals surface area contributed by atoms with Gasteiger partial charge in [0.05, 0.1) is 11.9 Å². The zero-order chi connectivity index (χ0) is 18.0. The van der Waals surface area contributed by atoms with E-state index in [-0.39, 0.29) is 17.2 Å². The number of nitrogens with one attached hydrogen (secondary N) is 2. The van der Waals surface area contributed by atoms with E-state index in [1.165, 1.54) is 6.20 Å². The summed E-state index contributed by atoms with van der Waals surface area (Å²) in [5.41, 5.74) is 2.22. The SMILES string of the molecule is CC(C)(C)NC(=O)c1cc(-c2cccc(-c3ncc(C=O)o3)c2)[nH]n1. The maximum absolute atomic E-state index is 12.2. The monoisotopic (exact) mass is 338 g/mol. The molecule has 0 unspecified atom stereocenters. The summed E-state index contributed by atoms with van der Waals surface area (Å²) in [6, 6.07) is 9.08. The molecule has 0 spiro atoms. The molecule has 3 rings (SSSR count). The molecule has 7 heteroatoms. The molecule has 0 aliphatic rings. The van der Waals surface area contributed by atoms with E-state index >= 15 is 0 Å². The highest BCUT2D eigenvalue weighted by Gasteiger charge is 2.18. The Morgan fingerprint density at radius 2 is 2.00 bits per heavy atom. The maximum Gasteiger partial charge on any atom is 0.272 e. The molecule has 25 heavy (non-hydrogen) atoms. The average Bonchev–Trinajstić information content (AvgIpc) is 3.23. The standard InChI is InChI=1S/C18H18N4O3/c1-18(2,3)20-16(24)15-8-14(21-22-15)11-5-4-6-12(7-11)17-19-9-13(10-23)25-17/h4-10H,1-3H3,(H,20,24)(H,21,22). The summed E-state index contributed by atoms with van der Waals surface area (Å²) >= 11 is 0. The van der Waals surface area contributed by atoms with Crippen molar-refractivity contribution in [3.63, 3.8) is 0 Å². The van der Waals surface area contributed by atoms with E-state index in [4.69, 9.17) is 4.42 Å². The minimum absolute atomic E-state index is 0.170. The number of hydrogen-bond donors (Lipinski definition) is 2. The van der Waals surface area contributed by atoms with Gasteiger partial charge in [0.15, 0.2) is 17.7 Å². The third-order valence-electron chi connectivity index (χ3n) is 3.36. The summed E-state index contributed by atoms with van der Waals surface area (Å²) in [5.74, 6) is 0.284. The number of amides is 1. The van der Waals surface area contributed by atoms with Crippen molar-refractivity contribution in [2.24, 2.45) is 0 Å². The van der Waals surface area contributed by atoms with E-state index in [1.807, 2.05) is 45.0 Å².